The van der Waals surface area contributed by atoms with Crippen LogP contribution >= 0.6 is 0 Å². The molecule has 0 aliphatic rings. The van der Waals surface area contributed by atoms with Crippen LogP contribution in [0.5, 0.6) is 5.75 Å². The zero-order valence-corrected chi connectivity index (χ0v) is 7.60. The van der Waals surface area contributed by atoms with Crippen LogP contribution in [0.1, 0.15) is 19.9 Å². The van der Waals surface area contributed by atoms with Crippen molar-refractivity contribution < 1.29 is 14.6 Å². The van der Waals surface area contributed by atoms with E-state index in [1.54, 1.807) is 13.8 Å². The second-order valence-electron chi connectivity index (χ2n) is 2.61. The van der Waals surface area contributed by atoms with E-state index in [0.717, 1.165) is 0 Å². The van der Waals surface area contributed by atoms with Crippen LogP contribution in [0.25, 0.3) is 0 Å². The summed E-state index contributed by atoms with van der Waals surface area (Å²) in [5, 5.41) is 12.8. The predicted molar refractivity (Wildman–Crippen MR) is 45.2 cm³/mol. The molecule has 0 aliphatic carbocycles. The number of nitrogens with zero attached hydrogens (tertiary/aromatic N) is 2. The number of ether oxygens (including phenoxy) is 1. The van der Waals surface area contributed by atoms with Gasteiger partial charge < -0.3 is 9.84 Å². The SMILES string of the molecule is CCOC(=O)C(C)n1cc(O)cn1. The number of aromatic hydroxyl groups is 1. The van der Waals surface area contributed by atoms with Gasteiger partial charge in [-0.2, -0.15) is 5.10 Å². The van der Waals surface area contributed by atoms with E-state index in [0.29, 0.717) is 6.61 Å². The molecule has 0 aliphatic heterocycles. The fourth-order valence-electron chi connectivity index (χ4n) is 0.911. The Balaban J connectivity index is 2.67. The van der Waals surface area contributed by atoms with Gasteiger partial charge in [0.25, 0.3) is 0 Å². The van der Waals surface area contributed by atoms with Crippen molar-refractivity contribution in [3.8, 4) is 5.75 Å². The Morgan fingerprint density at radius 1 is 1.85 bits per heavy atom. The summed E-state index contributed by atoms with van der Waals surface area (Å²) in [4.78, 5) is 11.2. The number of carbonyl (C=O) groups excluding carboxylic acids is 1. The number of hydrogen-bond donors (Lipinski definition) is 1. The summed E-state index contributed by atoms with van der Waals surface area (Å²) < 4.78 is 6.14. The van der Waals surface area contributed by atoms with Gasteiger partial charge in [0.1, 0.15) is 6.04 Å². The van der Waals surface area contributed by atoms with E-state index >= 15 is 0 Å². The number of aromatic nitrogens is 2. The van der Waals surface area contributed by atoms with Crippen molar-refractivity contribution in [1.82, 2.24) is 9.78 Å². The molecule has 5 nitrogen and oxygen atoms in total. The lowest BCUT2D eigenvalue weighted by atomic mass is 10.3. The van der Waals surface area contributed by atoms with Crippen molar-refractivity contribution in [3.05, 3.63) is 12.4 Å². The fraction of sp³-hybridized carbons (Fsp3) is 0.500. The van der Waals surface area contributed by atoms with Gasteiger partial charge in [-0.15, -0.1) is 0 Å². The van der Waals surface area contributed by atoms with E-state index in [1.165, 1.54) is 17.1 Å². The average molecular weight is 184 g/mol. The van der Waals surface area contributed by atoms with E-state index in [-0.39, 0.29) is 11.7 Å². The number of carbonyl (C=O) groups is 1. The van der Waals surface area contributed by atoms with E-state index < -0.39 is 6.04 Å². The van der Waals surface area contributed by atoms with Crippen molar-refractivity contribution in [1.29, 1.82) is 0 Å². The molecule has 0 saturated carbocycles. The number of rotatable bonds is 3. The minimum absolute atomic E-state index is 0.0381. The maximum absolute atomic E-state index is 11.2. The van der Waals surface area contributed by atoms with Gasteiger partial charge in [0, 0.05) is 0 Å². The molecular weight excluding hydrogens is 172 g/mol. The third-order valence-corrected chi connectivity index (χ3v) is 1.61. The Hall–Kier alpha value is -1.52. The molecule has 1 heterocycles. The second kappa shape index (κ2) is 3.93. The topological polar surface area (TPSA) is 64.3 Å². The van der Waals surface area contributed by atoms with Gasteiger partial charge in [0.15, 0.2) is 5.75 Å². The lowest BCUT2D eigenvalue weighted by Gasteiger charge is -2.09. The van der Waals surface area contributed by atoms with Crippen LogP contribution in [0, 0.1) is 0 Å². The molecule has 13 heavy (non-hydrogen) atoms. The zero-order chi connectivity index (χ0) is 9.84. The smallest absolute Gasteiger partial charge is 0.330 e. The average Bonchev–Trinajstić information content (AvgIpc) is 2.51. The van der Waals surface area contributed by atoms with Gasteiger partial charge >= 0.3 is 5.97 Å². The third kappa shape index (κ3) is 2.21. The molecule has 1 aromatic rings. The lowest BCUT2D eigenvalue weighted by Crippen LogP contribution is -2.19. The molecule has 0 fully saturated rings. The zero-order valence-electron chi connectivity index (χ0n) is 7.60. The van der Waals surface area contributed by atoms with Crippen molar-refractivity contribution in [2.45, 2.75) is 19.9 Å². The van der Waals surface area contributed by atoms with Crippen molar-refractivity contribution in [2.75, 3.05) is 6.61 Å². The first-order chi connectivity index (χ1) is 6.15. The molecule has 0 radical (unpaired) electrons. The molecule has 1 N–H and O–H groups in total. The summed E-state index contributed by atoms with van der Waals surface area (Å²) in [7, 11) is 0. The number of esters is 1. The molecule has 72 valence electrons. The minimum atomic E-state index is -0.499. The highest BCUT2D eigenvalue weighted by molar-refractivity contribution is 5.73. The van der Waals surface area contributed by atoms with Crippen molar-refractivity contribution >= 4 is 5.97 Å². The second-order valence-corrected chi connectivity index (χ2v) is 2.61. The Morgan fingerprint density at radius 2 is 2.54 bits per heavy atom. The Kier molecular flexibility index (Phi) is 2.89. The molecule has 0 saturated heterocycles. The first-order valence-electron chi connectivity index (χ1n) is 4.05. The first kappa shape index (κ1) is 9.57. The number of hydrogen-bond acceptors (Lipinski definition) is 4. The summed E-state index contributed by atoms with van der Waals surface area (Å²) in [5.41, 5.74) is 0. The summed E-state index contributed by atoms with van der Waals surface area (Å²) in [6.07, 6.45) is 2.65. The maximum Gasteiger partial charge on any atom is 0.330 e. The van der Waals surface area contributed by atoms with Crippen LogP contribution in [0.3, 0.4) is 0 Å². The van der Waals surface area contributed by atoms with E-state index in [1.807, 2.05) is 0 Å². The van der Waals surface area contributed by atoms with Crippen LogP contribution < -0.4 is 0 Å². The van der Waals surface area contributed by atoms with Gasteiger partial charge in [0.05, 0.1) is 19.0 Å². The summed E-state index contributed by atoms with van der Waals surface area (Å²) in [6.45, 7) is 3.74. The van der Waals surface area contributed by atoms with Crippen LogP contribution in [0.15, 0.2) is 12.4 Å². The highest BCUT2D eigenvalue weighted by Crippen LogP contribution is 2.11. The molecule has 5 heteroatoms. The van der Waals surface area contributed by atoms with E-state index in [9.17, 15) is 4.79 Å². The Morgan fingerprint density at radius 3 is 3.00 bits per heavy atom. The third-order valence-electron chi connectivity index (χ3n) is 1.61. The van der Waals surface area contributed by atoms with E-state index in [2.05, 4.69) is 5.10 Å². The van der Waals surface area contributed by atoms with Gasteiger partial charge in [-0.1, -0.05) is 0 Å². The van der Waals surface area contributed by atoms with Gasteiger partial charge in [0.2, 0.25) is 0 Å². The molecule has 0 amide bonds. The van der Waals surface area contributed by atoms with Gasteiger partial charge in [-0.25, -0.2) is 4.79 Å². The molecule has 1 rings (SSSR count). The molecule has 1 atom stereocenters. The predicted octanol–water partition coefficient (Wildman–Crippen LogP) is 0.713. The fourth-order valence-corrected chi connectivity index (χ4v) is 0.911. The first-order valence-corrected chi connectivity index (χ1v) is 4.05. The normalized spacial score (nSPS) is 12.5. The largest absolute Gasteiger partial charge is 0.505 e. The molecule has 1 unspecified atom stereocenters. The quantitative estimate of drug-likeness (QED) is 0.703. The van der Waals surface area contributed by atoms with Crippen LogP contribution in [0.2, 0.25) is 0 Å². The summed E-state index contributed by atoms with van der Waals surface area (Å²) in [6, 6.07) is -0.499. The standard InChI is InChI=1S/C8H12N2O3/c1-3-13-8(12)6(2)10-5-7(11)4-9-10/h4-6,11H,3H2,1-2H3. The van der Waals surface area contributed by atoms with Gasteiger partial charge in [-0.05, 0) is 13.8 Å². The molecule has 0 aromatic carbocycles. The van der Waals surface area contributed by atoms with Crippen LogP contribution in [0.4, 0.5) is 0 Å². The monoisotopic (exact) mass is 184 g/mol. The Bertz CT molecular complexity index is 295. The Labute approximate surface area is 75.9 Å². The van der Waals surface area contributed by atoms with Crippen LogP contribution in [-0.4, -0.2) is 27.5 Å². The summed E-state index contributed by atoms with van der Waals surface area (Å²) >= 11 is 0. The minimum Gasteiger partial charge on any atom is -0.505 e. The molecule has 0 bridgehead atoms. The highest BCUT2D eigenvalue weighted by Gasteiger charge is 2.16. The van der Waals surface area contributed by atoms with Gasteiger partial charge in [-0.3, -0.25) is 4.68 Å². The van der Waals surface area contributed by atoms with Crippen molar-refractivity contribution in [2.24, 2.45) is 0 Å². The molecule has 1 aromatic heterocycles. The maximum atomic E-state index is 11.2. The molecular formula is C8H12N2O3. The summed E-state index contributed by atoms with van der Waals surface area (Å²) in [5.74, 6) is -0.318. The molecule has 0 spiro atoms. The van der Waals surface area contributed by atoms with E-state index in [4.69, 9.17) is 9.84 Å². The lowest BCUT2D eigenvalue weighted by molar-refractivity contribution is -0.146. The highest BCUT2D eigenvalue weighted by atomic mass is 16.5. The van der Waals surface area contributed by atoms with Crippen LogP contribution in [-0.2, 0) is 9.53 Å². The van der Waals surface area contributed by atoms with Crippen molar-refractivity contribution in [3.63, 3.8) is 0 Å².